The summed E-state index contributed by atoms with van der Waals surface area (Å²) in [6.07, 6.45) is -4.25. The second-order valence-corrected chi connectivity index (χ2v) is 10.5. The first-order valence-corrected chi connectivity index (χ1v) is 13.5. The molecule has 0 aromatic heterocycles. The van der Waals surface area contributed by atoms with Crippen LogP contribution in [0.4, 0.5) is 0 Å². The van der Waals surface area contributed by atoms with E-state index in [4.69, 9.17) is 33.2 Å². The number of benzene rings is 2. The van der Waals surface area contributed by atoms with Gasteiger partial charge in [0, 0.05) is 31.6 Å². The maximum absolute atomic E-state index is 13.1. The molecule has 0 spiro atoms. The van der Waals surface area contributed by atoms with Gasteiger partial charge in [-0.15, -0.1) is 6.58 Å². The number of esters is 1. The molecule has 4 N–H and O–H groups in total. The van der Waals surface area contributed by atoms with E-state index in [-0.39, 0.29) is 35.8 Å². The zero-order valence-corrected chi connectivity index (χ0v) is 23.5. The summed E-state index contributed by atoms with van der Waals surface area (Å²) >= 11 is 0. The molecular formula is C30H36O12. The third-order valence-electron chi connectivity index (χ3n) is 8.34. The van der Waals surface area contributed by atoms with Crippen molar-refractivity contribution >= 4 is 5.97 Å². The van der Waals surface area contributed by atoms with Gasteiger partial charge in [0.15, 0.2) is 11.2 Å². The maximum atomic E-state index is 13.1. The van der Waals surface area contributed by atoms with Crippen molar-refractivity contribution in [2.45, 2.75) is 54.4 Å². The number of hydrogen-bond acceptors (Lipinski definition) is 12. The minimum Gasteiger partial charge on any atom is -0.496 e. The molecule has 0 bridgehead atoms. The summed E-state index contributed by atoms with van der Waals surface area (Å²) in [4.78, 5) is 13.1. The molecule has 228 valence electrons. The molecular weight excluding hydrogens is 552 g/mol. The molecule has 2 heterocycles. The van der Waals surface area contributed by atoms with Crippen LogP contribution in [0, 0.1) is 5.92 Å². The fourth-order valence-electron chi connectivity index (χ4n) is 6.50. The van der Waals surface area contributed by atoms with Crippen LogP contribution in [0.2, 0.25) is 0 Å². The van der Waals surface area contributed by atoms with E-state index >= 15 is 0 Å². The smallest absolute Gasteiger partial charge is 0.312 e. The van der Waals surface area contributed by atoms with Gasteiger partial charge in [0.2, 0.25) is 6.29 Å². The number of ether oxygens (including phenoxy) is 7. The molecule has 6 unspecified atom stereocenters. The van der Waals surface area contributed by atoms with Crippen LogP contribution < -0.4 is 14.2 Å². The average molecular weight is 589 g/mol. The van der Waals surface area contributed by atoms with Crippen molar-refractivity contribution in [3.05, 3.63) is 66.2 Å². The third kappa shape index (κ3) is 4.54. The zero-order chi connectivity index (χ0) is 30.2. The van der Waals surface area contributed by atoms with Gasteiger partial charge in [0.05, 0.1) is 38.9 Å². The lowest BCUT2D eigenvalue weighted by molar-refractivity contribution is -0.324. The quantitative estimate of drug-likeness (QED) is 0.230. The maximum Gasteiger partial charge on any atom is 0.312 e. The van der Waals surface area contributed by atoms with E-state index in [1.54, 1.807) is 30.3 Å². The first-order chi connectivity index (χ1) is 20.2. The lowest BCUT2D eigenvalue weighted by Crippen LogP contribution is -2.54. The molecule has 2 aromatic rings. The topological polar surface area (TPSA) is 163 Å². The summed E-state index contributed by atoms with van der Waals surface area (Å²) in [5, 5.41) is 43.7. The number of carbonyl (C=O) groups excluding carboxylic acids is 1. The van der Waals surface area contributed by atoms with Gasteiger partial charge in [-0.3, -0.25) is 4.79 Å². The second kappa shape index (κ2) is 11.8. The summed E-state index contributed by atoms with van der Waals surface area (Å²) in [7, 11) is 4.01. The molecule has 2 fully saturated rings. The Balaban J connectivity index is 1.61. The van der Waals surface area contributed by atoms with Gasteiger partial charge in [-0.05, 0) is 5.56 Å². The molecule has 1 saturated carbocycles. The predicted molar refractivity (Wildman–Crippen MR) is 145 cm³/mol. The van der Waals surface area contributed by atoms with Crippen molar-refractivity contribution < 1.29 is 58.4 Å². The molecule has 0 radical (unpaired) electrons. The number of hydrogen-bond donors (Lipinski definition) is 4. The molecule has 2 aromatic carbocycles. The van der Waals surface area contributed by atoms with Crippen LogP contribution in [0.25, 0.3) is 0 Å². The number of aliphatic hydroxyl groups is 4. The normalized spacial score (nSPS) is 34.1. The number of rotatable bonds is 10. The van der Waals surface area contributed by atoms with Crippen molar-refractivity contribution in [2.24, 2.45) is 5.92 Å². The molecule has 42 heavy (non-hydrogen) atoms. The Bertz CT molecular complexity index is 1290. The van der Waals surface area contributed by atoms with Crippen LogP contribution >= 0.6 is 0 Å². The van der Waals surface area contributed by atoms with E-state index in [0.29, 0.717) is 5.56 Å². The lowest BCUT2D eigenvalue weighted by atomic mass is 9.72. The number of fused-ring (bicyclic) bond motifs is 3. The number of aliphatic hydroxyl groups excluding tert-OH is 3. The summed E-state index contributed by atoms with van der Waals surface area (Å²) in [5.74, 6) is -2.29. The van der Waals surface area contributed by atoms with Crippen LogP contribution in [0.3, 0.4) is 0 Å². The first kappa shape index (κ1) is 30.2. The molecule has 5 rings (SSSR count). The van der Waals surface area contributed by atoms with E-state index in [9.17, 15) is 25.2 Å². The number of methoxy groups -OCH3 is 3. The standard InChI is InChI=1S/C30H36O12/c1-5-11-29-23(16-9-7-6-8-10-16)22(26(34)37-3)25(33)30(29,35)24-19(36-2)12-17(13-20(24)42-29)40-28-27(38-4)39-15-21(41-28)18(32)14-31/h5-10,12-13,18,21-23,25,27-28,31-33,35H,1,11,14-15H2,2-4H3/t18?,21?,22-,23?,25-,27?,28?,29?,30-/m1/s1. The summed E-state index contributed by atoms with van der Waals surface area (Å²) < 4.78 is 40.2. The highest BCUT2D eigenvalue weighted by Crippen LogP contribution is 2.67. The molecule has 12 nitrogen and oxygen atoms in total. The van der Waals surface area contributed by atoms with Gasteiger partial charge in [0.1, 0.15) is 35.6 Å². The highest BCUT2D eigenvalue weighted by atomic mass is 16.8. The zero-order valence-electron chi connectivity index (χ0n) is 23.5. The van der Waals surface area contributed by atoms with Crippen LogP contribution in [0.5, 0.6) is 17.2 Å². The van der Waals surface area contributed by atoms with Crippen molar-refractivity contribution in [3.8, 4) is 17.2 Å². The summed E-state index contributed by atoms with van der Waals surface area (Å²) in [6, 6.07) is 12.0. The average Bonchev–Trinajstić information content (AvgIpc) is 3.37. The van der Waals surface area contributed by atoms with Crippen LogP contribution in [0.1, 0.15) is 23.5 Å². The van der Waals surface area contributed by atoms with Gasteiger partial charge in [-0.2, -0.15) is 0 Å². The minimum atomic E-state index is -2.13. The molecule has 12 heteroatoms. The fourth-order valence-corrected chi connectivity index (χ4v) is 6.50. The van der Waals surface area contributed by atoms with E-state index in [1.165, 1.54) is 33.5 Å². The van der Waals surface area contributed by atoms with Crippen LogP contribution in [0.15, 0.2) is 55.1 Å². The van der Waals surface area contributed by atoms with E-state index in [0.717, 1.165) is 0 Å². The van der Waals surface area contributed by atoms with Gasteiger partial charge >= 0.3 is 5.97 Å². The first-order valence-electron chi connectivity index (χ1n) is 13.5. The Morgan fingerprint density at radius 2 is 1.93 bits per heavy atom. The monoisotopic (exact) mass is 588 g/mol. The lowest BCUT2D eigenvalue weighted by Gasteiger charge is -2.39. The Labute approximate surface area is 242 Å². The van der Waals surface area contributed by atoms with E-state index in [1.807, 2.05) is 6.07 Å². The minimum absolute atomic E-state index is 0.0338. The number of carbonyl (C=O) groups is 1. The Morgan fingerprint density at radius 3 is 2.55 bits per heavy atom. The Hall–Kier alpha value is -3.23. The molecule has 3 aliphatic rings. The van der Waals surface area contributed by atoms with Gasteiger partial charge in [-0.1, -0.05) is 36.4 Å². The van der Waals surface area contributed by atoms with E-state index < -0.39 is 66.5 Å². The van der Waals surface area contributed by atoms with Crippen molar-refractivity contribution in [1.82, 2.24) is 0 Å². The highest BCUT2D eigenvalue weighted by Gasteiger charge is 2.77. The van der Waals surface area contributed by atoms with Crippen molar-refractivity contribution in [1.29, 1.82) is 0 Å². The largest absolute Gasteiger partial charge is 0.496 e. The molecule has 1 aliphatic carbocycles. The summed E-state index contributed by atoms with van der Waals surface area (Å²) in [5.41, 5.74) is -2.93. The SMILES string of the molecule is C=CCC12Oc3cc(OC4OC(C(O)CO)COC4OC)cc(OC)c3[C@@]1(O)[C@H](O)[C@H](C(=O)OC)C2c1ccccc1. The van der Waals surface area contributed by atoms with Gasteiger partial charge in [0.25, 0.3) is 6.29 Å². The molecule has 1 saturated heterocycles. The predicted octanol–water partition coefficient (Wildman–Crippen LogP) is 0.984. The van der Waals surface area contributed by atoms with Crippen molar-refractivity contribution in [2.75, 3.05) is 34.5 Å². The molecule has 2 aliphatic heterocycles. The van der Waals surface area contributed by atoms with Crippen molar-refractivity contribution in [3.63, 3.8) is 0 Å². The highest BCUT2D eigenvalue weighted by molar-refractivity contribution is 5.78. The Morgan fingerprint density at radius 1 is 1.19 bits per heavy atom. The van der Waals surface area contributed by atoms with Crippen LogP contribution in [-0.4, -0.2) is 97.4 Å². The van der Waals surface area contributed by atoms with Gasteiger partial charge in [-0.25, -0.2) is 0 Å². The molecule has 9 atom stereocenters. The van der Waals surface area contributed by atoms with Crippen LogP contribution in [-0.2, 0) is 29.3 Å². The fraction of sp³-hybridized carbons (Fsp3) is 0.500. The van der Waals surface area contributed by atoms with Gasteiger partial charge < -0.3 is 53.6 Å². The Kier molecular flexibility index (Phi) is 8.50. The molecule has 0 amide bonds. The summed E-state index contributed by atoms with van der Waals surface area (Å²) in [6.45, 7) is 3.30. The van der Waals surface area contributed by atoms with E-state index in [2.05, 4.69) is 6.58 Å². The second-order valence-electron chi connectivity index (χ2n) is 10.5. The third-order valence-corrected chi connectivity index (χ3v) is 8.34.